The molecule has 0 saturated heterocycles. The molecule has 1 N–H and O–H groups in total. The van der Waals surface area contributed by atoms with Crippen LogP contribution in [0.25, 0.3) is 27.7 Å². The number of furan rings is 1. The first-order valence-electron chi connectivity index (χ1n) is 10.3. The molecule has 0 saturated carbocycles. The molecule has 1 heterocycles. The number of carbonyl (C=O) groups excluding carboxylic acids is 1. The summed E-state index contributed by atoms with van der Waals surface area (Å²) in [6, 6.07) is 15.9. The number of aryl methyl sites for hydroxylation is 2. The zero-order valence-corrected chi connectivity index (χ0v) is 18.5. The van der Waals surface area contributed by atoms with E-state index in [0.29, 0.717) is 11.3 Å². The van der Waals surface area contributed by atoms with Crippen LogP contribution in [0.4, 0.5) is 10.1 Å². The highest BCUT2D eigenvalue weighted by Gasteiger charge is 2.15. The van der Waals surface area contributed by atoms with Gasteiger partial charge >= 0.3 is 0 Å². The van der Waals surface area contributed by atoms with Crippen LogP contribution in [0.15, 0.2) is 71.4 Å². The molecule has 4 nitrogen and oxygen atoms in total. The highest BCUT2D eigenvalue weighted by atomic mass is 19.1. The number of rotatable bonds is 5. The minimum Gasteiger partial charge on any atom is -0.496 e. The monoisotopic (exact) mass is 429 g/mol. The van der Waals surface area contributed by atoms with Crippen LogP contribution < -0.4 is 10.1 Å². The first-order valence-corrected chi connectivity index (χ1v) is 10.3. The third-order valence-corrected chi connectivity index (χ3v) is 5.46. The van der Waals surface area contributed by atoms with Crippen LogP contribution >= 0.6 is 0 Å². The van der Waals surface area contributed by atoms with Gasteiger partial charge in [-0.1, -0.05) is 29.8 Å². The van der Waals surface area contributed by atoms with Crippen molar-refractivity contribution >= 4 is 28.1 Å². The van der Waals surface area contributed by atoms with Crippen LogP contribution in [0.3, 0.4) is 0 Å². The average molecular weight is 429 g/mol. The Morgan fingerprint density at radius 1 is 1.06 bits per heavy atom. The van der Waals surface area contributed by atoms with Gasteiger partial charge in [-0.2, -0.15) is 0 Å². The van der Waals surface area contributed by atoms with Gasteiger partial charge in [0.25, 0.3) is 0 Å². The van der Waals surface area contributed by atoms with Gasteiger partial charge in [0.15, 0.2) is 0 Å². The van der Waals surface area contributed by atoms with E-state index in [4.69, 9.17) is 9.15 Å². The summed E-state index contributed by atoms with van der Waals surface area (Å²) in [5.74, 6) is 0.0886. The second-order valence-corrected chi connectivity index (χ2v) is 7.84. The minimum atomic E-state index is -0.294. The molecule has 0 unspecified atom stereocenters. The largest absolute Gasteiger partial charge is 0.496 e. The van der Waals surface area contributed by atoms with E-state index < -0.39 is 0 Å². The van der Waals surface area contributed by atoms with Gasteiger partial charge < -0.3 is 14.5 Å². The number of amides is 1. The molecule has 0 aliphatic heterocycles. The molecule has 1 aromatic heterocycles. The van der Waals surface area contributed by atoms with Crippen molar-refractivity contribution in [1.29, 1.82) is 0 Å². The summed E-state index contributed by atoms with van der Waals surface area (Å²) >= 11 is 0. The third-order valence-electron chi connectivity index (χ3n) is 5.46. The Hall–Kier alpha value is -3.86. The molecule has 0 aliphatic rings. The first kappa shape index (κ1) is 21.4. The summed E-state index contributed by atoms with van der Waals surface area (Å²) in [7, 11) is 1.58. The van der Waals surface area contributed by atoms with Crippen LogP contribution in [0.1, 0.15) is 23.6 Å². The predicted molar refractivity (Wildman–Crippen MR) is 126 cm³/mol. The van der Waals surface area contributed by atoms with Gasteiger partial charge in [0, 0.05) is 34.3 Å². The smallest absolute Gasteiger partial charge is 0.248 e. The summed E-state index contributed by atoms with van der Waals surface area (Å²) in [4.78, 5) is 12.7. The second kappa shape index (κ2) is 8.71. The summed E-state index contributed by atoms with van der Waals surface area (Å²) in [6.07, 6.45) is 3.20. The quantitative estimate of drug-likeness (QED) is 0.351. The number of anilines is 1. The number of carbonyl (C=O) groups is 1. The van der Waals surface area contributed by atoms with Crippen molar-refractivity contribution in [1.82, 2.24) is 0 Å². The Bertz CT molecular complexity index is 1330. The van der Waals surface area contributed by atoms with Crippen LogP contribution in [-0.2, 0) is 4.79 Å². The molecule has 0 fully saturated rings. The zero-order valence-electron chi connectivity index (χ0n) is 18.5. The molecule has 0 aliphatic carbocycles. The fourth-order valence-corrected chi connectivity index (χ4v) is 3.78. The maximum atomic E-state index is 13.3. The van der Waals surface area contributed by atoms with Gasteiger partial charge in [0.2, 0.25) is 5.91 Å². The number of allylic oxidation sites excluding steroid dienone is 1. The second-order valence-electron chi connectivity index (χ2n) is 7.84. The van der Waals surface area contributed by atoms with E-state index in [9.17, 15) is 9.18 Å². The van der Waals surface area contributed by atoms with Crippen molar-refractivity contribution in [2.24, 2.45) is 0 Å². The molecule has 32 heavy (non-hydrogen) atoms. The molecule has 3 aromatic carbocycles. The number of benzene rings is 3. The van der Waals surface area contributed by atoms with E-state index in [1.807, 2.05) is 45.0 Å². The van der Waals surface area contributed by atoms with Crippen molar-refractivity contribution in [2.75, 3.05) is 12.4 Å². The summed E-state index contributed by atoms with van der Waals surface area (Å²) < 4.78 is 24.6. The highest BCUT2D eigenvalue weighted by Crippen LogP contribution is 2.37. The summed E-state index contributed by atoms with van der Waals surface area (Å²) in [5.41, 5.74) is 6.79. The first-order chi connectivity index (χ1) is 15.4. The molecule has 5 heteroatoms. The van der Waals surface area contributed by atoms with E-state index >= 15 is 0 Å². The topological polar surface area (TPSA) is 51.5 Å². The number of ether oxygens (including phenoxy) is 1. The Morgan fingerprint density at radius 3 is 2.50 bits per heavy atom. The SMILES string of the molecule is COc1cc2occ(-c3ccc(F)cc3)c2cc1/C(C)=C/C(=O)Nc1ccc(C)cc1C. The molecule has 1 amide bonds. The molecule has 4 rings (SSSR count). The van der Waals surface area contributed by atoms with Crippen molar-refractivity contribution in [3.05, 3.63) is 89.4 Å². The molecular weight excluding hydrogens is 405 g/mol. The maximum Gasteiger partial charge on any atom is 0.248 e. The van der Waals surface area contributed by atoms with Crippen LogP contribution in [-0.4, -0.2) is 13.0 Å². The number of nitrogens with one attached hydrogen (secondary N) is 1. The number of hydrogen-bond acceptors (Lipinski definition) is 3. The Labute approximate surface area is 186 Å². The lowest BCUT2D eigenvalue weighted by molar-refractivity contribution is -0.111. The lowest BCUT2D eigenvalue weighted by Gasteiger charge is -2.11. The molecule has 4 aromatic rings. The molecule has 162 valence electrons. The number of halogens is 1. The van der Waals surface area contributed by atoms with Crippen LogP contribution in [0.2, 0.25) is 0 Å². The van der Waals surface area contributed by atoms with Crippen LogP contribution in [0.5, 0.6) is 5.75 Å². The number of fused-ring (bicyclic) bond motifs is 1. The zero-order chi connectivity index (χ0) is 22.8. The standard InChI is InChI=1S/C27H24FNO3/c1-16-5-10-24(18(3)11-16)29-27(30)12-17(2)21-13-22-23(19-6-8-20(28)9-7-19)15-32-26(22)14-25(21)31-4/h5-15H,1-4H3,(H,29,30)/b17-12+. The highest BCUT2D eigenvalue weighted by molar-refractivity contribution is 6.05. The third kappa shape index (κ3) is 4.28. The Morgan fingerprint density at radius 2 is 1.81 bits per heavy atom. The van der Waals surface area contributed by atoms with Gasteiger partial charge in [-0.25, -0.2) is 4.39 Å². The fraction of sp³-hybridized carbons (Fsp3) is 0.148. The van der Waals surface area contributed by atoms with E-state index in [-0.39, 0.29) is 11.7 Å². The van der Waals surface area contributed by atoms with E-state index in [2.05, 4.69) is 5.32 Å². The lowest BCUT2D eigenvalue weighted by Crippen LogP contribution is -2.10. The molecule has 0 bridgehead atoms. The minimum absolute atomic E-state index is 0.220. The van der Waals surface area contributed by atoms with Gasteiger partial charge in [-0.3, -0.25) is 4.79 Å². The van der Waals surface area contributed by atoms with E-state index in [1.165, 1.54) is 12.1 Å². The average Bonchev–Trinajstić information content (AvgIpc) is 3.18. The number of methoxy groups -OCH3 is 1. The van der Waals surface area contributed by atoms with Crippen molar-refractivity contribution in [2.45, 2.75) is 20.8 Å². The lowest BCUT2D eigenvalue weighted by atomic mass is 9.99. The van der Waals surface area contributed by atoms with Gasteiger partial charge in [0.05, 0.1) is 13.4 Å². The van der Waals surface area contributed by atoms with Crippen LogP contribution in [0, 0.1) is 19.7 Å². The number of hydrogen-bond donors (Lipinski definition) is 1. The van der Waals surface area contributed by atoms with Gasteiger partial charge in [-0.15, -0.1) is 0 Å². The summed E-state index contributed by atoms with van der Waals surface area (Å²) in [5, 5.41) is 3.80. The predicted octanol–water partition coefficient (Wildman–Crippen LogP) is 6.91. The van der Waals surface area contributed by atoms with Gasteiger partial charge in [-0.05, 0) is 61.7 Å². The van der Waals surface area contributed by atoms with Crippen molar-refractivity contribution in [3.63, 3.8) is 0 Å². The molecule has 0 atom stereocenters. The maximum absolute atomic E-state index is 13.3. The van der Waals surface area contributed by atoms with Crippen molar-refractivity contribution < 1.29 is 18.3 Å². The Kier molecular flexibility index (Phi) is 5.82. The summed E-state index contributed by atoms with van der Waals surface area (Å²) in [6.45, 7) is 5.84. The molecule has 0 spiro atoms. The Balaban J connectivity index is 1.70. The molecular formula is C27H24FNO3. The fourth-order valence-electron chi connectivity index (χ4n) is 3.78. The van der Waals surface area contributed by atoms with Gasteiger partial charge in [0.1, 0.15) is 17.1 Å². The molecule has 0 radical (unpaired) electrons. The van der Waals surface area contributed by atoms with E-state index in [1.54, 1.807) is 37.6 Å². The van der Waals surface area contributed by atoms with E-state index in [0.717, 1.165) is 44.5 Å². The normalized spacial score (nSPS) is 11.6. The van der Waals surface area contributed by atoms with Crippen molar-refractivity contribution in [3.8, 4) is 16.9 Å².